The number of rotatable bonds is 2. The minimum atomic E-state index is 0.188. The lowest BCUT2D eigenvalue weighted by Crippen LogP contribution is -1.79. The number of nitrogens with two attached hydrogens (primary N) is 1. The summed E-state index contributed by atoms with van der Waals surface area (Å²) in [6.45, 7) is 3.78. The monoisotopic (exact) mass is 216 g/mol. The first-order valence-corrected chi connectivity index (χ1v) is 4.87. The summed E-state index contributed by atoms with van der Waals surface area (Å²) in [5, 5.41) is 11.8. The zero-order chi connectivity index (χ0) is 11.5. The summed E-state index contributed by atoms with van der Waals surface area (Å²) >= 11 is 0. The lowest BCUT2D eigenvalue weighted by Gasteiger charge is -1.93. The summed E-state index contributed by atoms with van der Waals surface area (Å²) < 4.78 is 4.78. The largest absolute Gasteiger partial charge is 0.366 e. The van der Waals surface area contributed by atoms with E-state index in [1.807, 2.05) is 31.2 Å². The van der Waals surface area contributed by atoms with Crippen LogP contribution in [0.3, 0.4) is 0 Å². The zero-order valence-corrected chi connectivity index (χ0v) is 9.14. The van der Waals surface area contributed by atoms with E-state index < -0.39 is 0 Å². The maximum Gasteiger partial charge on any atom is 0.250 e. The van der Waals surface area contributed by atoms with E-state index in [4.69, 9.17) is 10.3 Å². The third-order valence-corrected chi connectivity index (χ3v) is 2.16. The zero-order valence-electron chi connectivity index (χ0n) is 9.14. The molecule has 0 aliphatic heterocycles. The molecular weight excluding hydrogens is 204 g/mol. The number of benzene rings is 1. The molecule has 0 bridgehead atoms. The molecule has 1 aromatic heterocycles. The Hall–Kier alpha value is -2.17. The van der Waals surface area contributed by atoms with E-state index in [0.29, 0.717) is 11.4 Å². The Labute approximate surface area is 93.0 Å². The fourth-order valence-corrected chi connectivity index (χ4v) is 1.22. The van der Waals surface area contributed by atoms with Crippen LogP contribution in [0.25, 0.3) is 0 Å². The molecule has 0 unspecified atom stereocenters. The molecule has 82 valence electrons. The molecule has 0 atom stereocenters. The van der Waals surface area contributed by atoms with Crippen molar-refractivity contribution in [3.05, 3.63) is 35.5 Å². The molecule has 1 heterocycles. The molecule has 2 rings (SSSR count). The summed E-state index contributed by atoms with van der Waals surface area (Å²) in [7, 11) is 0. The van der Waals surface area contributed by atoms with Gasteiger partial charge in [0.2, 0.25) is 5.88 Å². The Balaban J connectivity index is 2.24. The molecule has 0 aliphatic carbocycles. The predicted molar refractivity (Wildman–Crippen MR) is 61.0 cm³/mol. The van der Waals surface area contributed by atoms with E-state index in [0.717, 1.165) is 5.69 Å². The van der Waals surface area contributed by atoms with E-state index in [1.54, 1.807) is 6.92 Å². The van der Waals surface area contributed by atoms with Crippen LogP contribution in [-0.4, -0.2) is 5.16 Å². The van der Waals surface area contributed by atoms with Gasteiger partial charge in [0.15, 0.2) is 5.69 Å². The van der Waals surface area contributed by atoms with Crippen molar-refractivity contribution in [1.82, 2.24) is 5.16 Å². The number of aromatic nitrogens is 1. The van der Waals surface area contributed by atoms with Crippen molar-refractivity contribution in [2.45, 2.75) is 13.8 Å². The third-order valence-electron chi connectivity index (χ3n) is 2.16. The fourth-order valence-electron chi connectivity index (χ4n) is 1.22. The molecule has 5 heteroatoms. The van der Waals surface area contributed by atoms with Gasteiger partial charge in [-0.05, 0) is 26.0 Å². The maximum atomic E-state index is 5.55. The Morgan fingerprint density at radius 2 is 1.81 bits per heavy atom. The van der Waals surface area contributed by atoms with E-state index in [2.05, 4.69) is 15.4 Å². The first kappa shape index (κ1) is 10.4. The summed E-state index contributed by atoms with van der Waals surface area (Å²) in [6.07, 6.45) is 0. The highest BCUT2D eigenvalue weighted by atomic mass is 16.5. The second-order valence-electron chi connectivity index (χ2n) is 3.52. The standard InChI is InChI=1S/C11H12N4O/c1-7-3-5-9(6-4-7)13-14-10-8(2)15-16-11(10)12/h3-6H,12H2,1-2H3. The van der Waals surface area contributed by atoms with Gasteiger partial charge >= 0.3 is 0 Å². The van der Waals surface area contributed by atoms with Gasteiger partial charge in [-0.25, -0.2) is 0 Å². The van der Waals surface area contributed by atoms with Crippen molar-refractivity contribution in [3.63, 3.8) is 0 Å². The lowest BCUT2D eigenvalue weighted by molar-refractivity contribution is 0.431. The summed E-state index contributed by atoms with van der Waals surface area (Å²) in [5.74, 6) is 0.188. The van der Waals surface area contributed by atoms with Crippen LogP contribution >= 0.6 is 0 Å². The highest BCUT2D eigenvalue weighted by molar-refractivity contribution is 5.57. The highest BCUT2D eigenvalue weighted by Crippen LogP contribution is 2.27. The predicted octanol–water partition coefficient (Wildman–Crippen LogP) is 3.29. The number of aryl methyl sites for hydroxylation is 2. The average molecular weight is 216 g/mol. The first-order chi connectivity index (χ1) is 7.66. The van der Waals surface area contributed by atoms with Gasteiger partial charge < -0.3 is 10.3 Å². The average Bonchev–Trinajstić information content (AvgIpc) is 2.59. The quantitative estimate of drug-likeness (QED) is 0.782. The molecule has 2 N–H and O–H groups in total. The van der Waals surface area contributed by atoms with Gasteiger partial charge in [0.25, 0.3) is 0 Å². The summed E-state index contributed by atoms with van der Waals surface area (Å²) in [4.78, 5) is 0. The highest BCUT2D eigenvalue weighted by Gasteiger charge is 2.08. The third kappa shape index (κ3) is 2.08. The van der Waals surface area contributed by atoms with Gasteiger partial charge in [0.1, 0.15) is 5.69 Å². The van der Waals surface area contributed by atoms with Gasteiger partial charge in [0.05, 0.1) is 5.69 Å². The maximum absolute atomic E-state index is 5.55. The van der Waals surface area contributed by atoms with Crippen molar-refractivity contribution in [2.24, 2.45) is 10.2 Å². The molecule has 2 aromatic rings. The van der Waals surface area contributed by atoms with Crippen LogP contribution in [0.15, 0.2) is 39.0 Å². The van der Waals surface area contributed by atoms with Crippen LogP contribution in [0, 0.1) is 13.8 Å². The number of anilines is 1. The van der Waals surface area contributed by atoms with E-state index in [1.165, 1.54) is 5.56 Å². The minimum absolute atomic E-state index is 0.188. The van der Waals surface area contributed by atoms with Gasteiger partial charge in [-0.3, -0.25) is 0 Å². The van der Waals surface area contributed by atoms with Crippen LogP contribution in [0.2, 0.25) is 0 Å². The topological polar surface area (TPSA) is 76.8 Å². The Morgan fingerprint density at radius 1 is 1.12 bits per heavy atom. The number of hydrogen-bond donors (Lipinski definition) is 1. The lowest BCUT2D eigenvalue weighted by atomic mass is 10.2. The van der Waals surface area contributed by atoms with Gasteiger partial charge in [0, 0.05) is 0 Å². The molecular formula is C11H12N4O. The fraction of sp³-hybridized carbons (Fsp3) is 0.182. The minimum Gasteiger partial charge on any atom is -0.366 e. The molecule has 0 amide bonds. The molecule has 16 heavy (non-hydrogen) atoms. The van der Waals surface area contributed by atoms with Crippen molar-refractivity contribution in [1.29, 1.82) is 0 Å². The second kappa shape index (κ2) is 4.14. The van der Waals surface area contributed by atoms with Crippen molar-refractivity contribution < 1.29 is 4.52 Å². The van der Waals surface area contributed by atoms with Crippen molar-refractivity contribution in [3.8, 4) is 0 Å². The van der Waals surface area contributed by atoms with E-state index >= 15 is 0 Å². The van der Waals surface area contributed by atoms with Gasteiger partial charge in [-0.15, -0.1) is 5.11 Å². The van der Waals surface area contributed by atoms with Gasteiger partial charge in [-0.1, -0.05) is 22.9 Å². The van der Waals surface area contributed by atoms with Crippen LogP contribution in [-0.2, 0) is 0 Å². The number of azo groups is 1. The van der Waals surface area contributed by atoms with Crippen LogP contribution in [0.1, 0.15) is 11.3 Å². The molecule has 0 fully saturated rings. The SMILES string of the molecule is Cc1ccc(N=Nc2c(C)noc2N)cc1. The van der Waals surface area contributed by atoms with Crippen molar-refractivity contribution in [2.75, 3.05) is 5.73 Å². The number of hydrogen-bond acceptors (Lipinski definition) is 5. The Bertz CT molecular complexity index is 494. The number of nitrogens with zero attached hydrogens (tertiary/aromatic N) is 3. The van der Waals surface area contributed by atoms with E-state index in [9.17, 15) is 0 Å². The van der Waals surface area contributed by atoms with Crippen LogP contribution < -0.4 is 5.73 Å². The van der Waals surface area contributed by atoms with Crippen molar-refractivity contribution >= 4 is 17.3 Å². The molecule has 0 saturated heterocycles. The Kier molecular flexibility index (Phi) is 2.68. The number of nitrogen functional groups attached to an aromatic ring is 1. The molecule has 0 saturated carbocycles. The van der Waals surface area contributed by atoms with E-state index in [-0.39, 0.29) is 5.88 Å². The normalized spacial score (nSPS) is 11.1. The molecule has 1 aromatic carbocycles. The summed E-state index contributed by atoms with van der Waals surface area (Å²) in [6, 6.07) is 7.71. The van der Waals surface area contributed by atoms with Crippen LogP contribution in [0.4, 0.5) is 17.3 Å². The molecule has 0 aliphatic rings. The molecule has 0 spiro atoms. The smallest absolute Gasteiger partial charge is 0.250 e. The molecule has 0 radical (unpaired) electrons. The molecule has 5 nitrogen and oxygen atoms in total. The van der Waals surface area contributed by atoms with Crippen LogP contribution in [0.5, 0.6) is 0 Å². The second-order valence-corrected chi connectivity index (χ2v) is 3.52. The summed E-state index contributed by atoms with van der Waals surface area (Å²) in [5.41, 5.74) is 8.62. The Morgan fingerprint density at radius 3 is 2.38 bits per heavy atom. The van der Waals surface area contributed by atoms with Gasteiger partial charge in [-0.2, -0.15) is 5.11 Å². The first-order valence-electron chi connectivity index (χ1n) is 4.87.